The van der Waals surface area contributed by atoms with Crippen LogP contribution in [0.4, 0.5) is 0 Å². The molecule has 0 atom stereocenters. The Balaban J connectivity index is -0.000000131. The number of carbonyl (C=O) groups excluding carboxylic acids is 2. The van der Waals surface area contributed by atoms with Crippen molar-refractivity contribution >= 4 is 11.8 Å². The molecule has 0 aliphatic carbocycles. The van der Waals surface area contributed by atoms with Gasteiger partial charge >= 0.3 is 0 Å². The minimum absolute atomic E-state index is 0.0833. The molecule has 0 rings (SSSR count). The van der Waals surface area contributed by atoms with E-state index in [1.54, 1.807) is 0 Å². The van der Waals surface area contributed by atoms with E-state index in [1.807, 2.05) is 0 Å². The summed E-state index contributed by atoms with van der Waals surface area (Å²) in [4.78, 5) is 18.9. The highest BCUT2D eigenvalue weighted by Crippen LogP contribution is 1.49. The number of aliphatic hydroxyl groups is 1. The van der Waals surface area contributed by atoms with Gasteiger partial charge in [-0.3, -0.25) is 9.59 Å². The Labute approximate surface area is 83.4 Å². The van der Waals surface area contributed by atoms with Crippen molar-refractivity contribution in [2.45, 2.75) is 0 Å². The Morgan fingerprint density at radius 1 is 1.07 bits per heavy atom. The lowest BCUT2D eigenvalue weighted by molar-refractivity contribution is -0.114. The average Bonchev–Trinajstić information content (AvgIpc) is 2.19. The second-order valence-corrected chi connectivity index (χ2v) is 1.68. The van der Waals surface area contributed by atoms with Crippen LogP contribution in [-0.4, -0.2) is 23.5 Å². The number of primary amides is 2. The number of hydrogen-bond donors (Lipinski definition) is 3. The largest absolute Gasteiger partial charge is 0.392 e. The summed E-state index contributed by atoms with van der Waals surface area (Å²) < 4.78 is 0. The minimum atomic E-state index is -0.481. The zero-order valence-electron chi connectivity index (χ0n) is 7.98. The molecule has 2 amide bonds. The molecule has 5 nitrogen and oxygen atoms in total. The molecule has 5 N–H and O–H groups in total. The number of amides is 2. The fourth-order valence-corrected chi connectivity index (χ4v) is 0. The molecule has 0 aromatic heterocycles. The lowest BCUT2D eigenvalue weighted by atomic mass is 10.6. The number of hydrogen-bond acceptors (Lipinski definition) is 3. The fourth-order valence-electron chi connectivity index (χ4n) is 0. The van der Waals surface area contributed by atoms with Crippen molar-refractivity contribution in [1.29, 1.82) is 0 Å². The van der Waals surface area contributed by atoms with Crippen LogP contribution in [0.2, 0.25) is 0 Å². The summed E-state index contributed by atoms with van der Waals surface area (Å²) in [5.41, 5.74) is 9.07. The van der Waals surface area contributed by atoms with Crippen molar-refractivity contribution in [3.05, 3.63) is 38.0 Å². The van der Waals surface area contributed by atoms with Crippen molar-refractivity contribution in [2.24, 2.45) is 11.5 Å². The molecular formula is C9H16N2O3. The Morgan fingerprint density at radius 3 is 1.21 bits per heavy atom. The quantitative estimate of drug-likeness (QED) is 0.421. The van der Waals surface area contributed by atoms with Crippen LogP contribution in [0.25, 0.3) is 0 Å². The van der Waals surface area contributed by atoms with Gasteiger partial charge in [-0.2, -0.15) is 0 Å². The average molecular weight is 200 g/mol. The second kappa shape index (κ2) is 17.3. The Morgan fingerprint density at radius 2 is 1.21 bits per heavy atom. The predicted molar refractivity (Wildman–Crippen MR) is 56.1 cm³/mol. The zero-order chi connectivity index (χ0) is 12.0. The molecule has 0 aliphatic heterocycles. The SMILES string of the molecule is C=CC(N)=O.C=CC(N)=O.C=CCO. The van der Waals surface area contributed by atoms with E-state index in [-0.39, 0.29) is 6.61 Å². The second-order valence-electron chi connectivity index (χ2n) is 1.68. The molecule has 0 saturated heterocycles. The Kier molecular flexibility index (Phi) is 22.2. The molecule has 0 unspecified atom stereocenters. The third-order valence-corrected chi connectivity index (χ3v) is 0.531. The highest BCUT2D eigenvalue weighted by molar-refractivity contribution is 5.85. The van der Waals surface area contributed by atoms with Gasteiger partial charge < -0.3 is 16.6 Å². The van der Waals surface area contributed by atoms with Crippen LogP contribution < -0.4 is 11.5 Å². The van der Waals surface area contributed by atoms with E-state index >= 15 is 0 Å². The van der Waals surface area contributed by atoms with E-state index in [2.05, 4.69) is 31.2 Å². The lowest BCUT2D eigenvalue weighted by Gasteiger charge is -1.65. The van der Waals surface area contributed by atoms with Gasteiger partial charge in [0.25, 0.3) is 0 Å². The summed E-state index contributed by atoms with van der Waals surface area (Å²) in [7, 11) is 0. The summed E-state index contributed by atoms with van der Waals surface area (Å²) in [6.45, 7) is 9.48. The normalized spacial score (nSPS) is 6.36. The molecule has 0 aromatic rings. The maximum atomic E-state index is 9.47. The summed E-state index contributed by atoms with van der Waals surface area (Å²) in [5.74, 6) is -0.963. The van der Waals surface area contributed by atoms with E-state index in [0.717, 1.165) is 12.2 Å². The van der Waals surface area contributed by atoms with Crippen LogP contribution in [-0.2, 0) is 9.59 Å². The van der Waals surface area contributed by atoms with E-state index in [9.17, 15) is 9.59 Å². The molecule has 80 valence electrons. The van der Waals surface area contributed by atoms with Crippen LogP contribution >= 0.6 is 0 Å². The van der Waals surface area contributed by atoms with E-state index in [4.69, 9.17) is 5.11 Å². The maximum absolute atomic E-state index is 9.47. The number of aliphatic hydroxyl groups excluding tert-OH is 1. The van der Waals surface area contributed by atoms with E-state index in [0.29, 0.717) is 0 Å². The molecule has 0 saturated carbocycles. The summed E-state index contributed by atoms with van der Waals surface area (Å²) in [5, 5.41) is 7.76. The van der Waals surface area contributed by atoms with Gasteiger partial charge in [-0.1, -0.05) is 19.2 Å². The first-order valence-electron chi connectivity index (χ1n) is 3.51. The predicted octanol–water partition coefficient (Wildman–Crippen LogP) is -0.520. The Hall–Kier alpha value is -1.88. The van der Waals surface area contributed by atoms with Gasteiger partial charge in [0.05, 0.1) is 6.61 Å². The molecule has 0 bridgehead atoms. The summed E-state index contributed by atoms with van der Waals surface area (Å²) in [6.07, 6.45) is 3.54. The first-order chi connectivity index (χ1) is 6.45. The van der Waals surface area contributed by atoms with Crippen LogP contribution in [0.15, 0.2) is 38.0 Å². The monoisotopic (exact) mass is 200 g/mol. The van der Waals surface area contributed by atoms with Gasteiger partial charge in [0, 0.05) is 0 Å². The molecule has 0 fully saturated rings. The lowest BCUT2D eigenvalue weighted by Crippen LogP contribution is -2.04. The minimum Gasteiger partial charge on any atom is -0.392 e. The molecule has 14 heavy (non-hydrogen) atoms. The molecule has 0 radical (unpaired) electrons. The topological polar surface area (TPSA) is 106 Å². The number of carbonyl (C=O) groups is 2. The highest BCUT2D eigenvalue weighted by atomic mass is 16.2. The van der Waals surface area contributed by atoms with Crippen molar-refractivity contribution < 1.29 is 14.7 Å². The highest BCUT2D eigenvalue weighted by Gasteiger charge is 1.69. The van der Waals surface area contributed by atoms with Gasteiger partial charge in [-0.15, -0.1) is 6.58 Å². The van der Waals surface area contributed by atoms with Crippen LogP contribution in [0.1, 0.15) is 0 Å². The van der Waals surface area contributed by atoms with Gasteiger partial charge in [0.1, 0.15) is 0 Å². The van der Waals surface area contributed by atoms with Crippen LogP contribution in [0.5, 0.6) is 0 Å². The van der Waals surface area contributed by atoms with Crippen molar-refractivity contribution in [2.75, 3.05) is 6.61 Å². The molecule has 0 heterocycles. The summed E-state index contributed by atoms with van der Waals surface area (Å²) >= 11 is 0. The molecule has 0 aromatic carbocycles. The smallest absolute Gasteiger partial charge is 0.240 e. The number of rotatable bonds is 3. The first kappa shape index (κ1) is 18.0. The first-order valence-corrected chi connectivity index (χ1v) is 3.51. The Bertz CT molecular complexity index is 182. The van der Waals surface area contributed by atoms with Crippen LogP contribution in [0, 0.1) is 0 Å². The van der Waals surface area contributed by atoms with Crippen molar-refractivity contribution in [1.82, 2.24) is 0 Å². The number of nitrogens with two attached hydrogens (primary N) is 2. The van der Waals surface area contributed by atoms with Crippen LogP contribution in [0.3, 0.4) is 0 Å². The van der Waals surface area contributed by atoms with Gasteiger partial charge in [0.15, 0.2) is 0 Å². The van der Waals surface area contributed by atoms with Crippen molar-refractivity contribution in [3.8, 4) is 0 Å². The van der Waals surface area contributed by atoms with E-state index < -0.39 is 11.8 Å². The fraction of sp³-hybridized carbons (Fsp3) is 0.111. The third-order valence-electron chi connectivity index (χ3n) is 0.531. The third kappa shape index (κ3) is 86.5. The molecule has 0 aliphatic rings. The van der Waals surface area contributed by atoms with Gasteiger partial charge in [-0.25, -0.2) is 0 Å². The maximum Gasteiger partial charge on any atom is 0.240 e. The van der Waals surface area contributed by atoms with Crippen molar-refractivity contribution in [3.63, 3.8) is 0 Å². The molecule has 0 spiro atoms. The zero-order valence-corrected chi connectivity index (χ0v) is 7.98. The molecule has 5 heteroatoms. The standard InChI is InChI=1S/2C3H5NO.C3H6O/c2*1-2-3(4)5;1-2-3-4/h2*2H,1H2,(H2,4,5);2,4H,1,3H2. The van der Waals surface area contributed by atoms with Gasteiger partial charge in [0.2, 0.25) is 11.8 Å². The van der Waals surface area contributed by atoms with E-state index in [1.165, 1.54) is 6.08 Å². The van der Waals surface area contributed by atoms with Gasteiger partial charge in [-0.05, 0) is 12.2 Å². The molecular weight excluding hydrogens is 184 g/mol. The summed E-state index contributed by atoms with van der Waals surface area (Å²) in [6, 6.07) is 0.